The van der Waals surface area contributed by atoms with Gasteiger partial charge in [-0.1, -0.05) is 11.6 Å². The molecule has 0 unspecified atom stereocenters. The Morgan fingerprint density at radius 2 is 1.62 bits per heavy atom. The second-order valence-electron chi connectivity index (χ2n) is 5.37. The van der Waals surface area contributed by atoms with E-state index in [9.17, 15) is 8.78 Å². The van der Waals surface area contributed by atoms with E-state index in [-0.39, 0.29) is 11.3 Å². The number of aromatic nitrogens is 2. The number of hydrogen-bond donors (Lipinski definition) is 0. The minimum Gasteiger partial charge on any atom is -0.497 e. The fourth-order valence-electron chi connectivity index (χ4n) is 2.76. The summed E-state index contributed by atoms with van der Waals surface area (Å²) < 4.78 is 35.7. The van der Waals surface area contributed by atoms with E-state index in [0.29, 0.717) is 22.2 Å². The third-order valence-corrected chi connectivity index (χ3v) is 4.04. The zero-order chi connectivity index (χ0) is 17.4. The quantitative estimate of drug-likeness (QED) is 0.658. The summed E-state index contributed by atoms with van der Waals surface area (Å²) in [5, 5.41) is 0.580. The van der Waals surface area contributed by atoms with E-state index in [2.05, 4.69) is 4.98 Å². The number of benzene rings is 2. The van der Waals surface area contributed by atoms with Crippen LogP contribution >= 0.6 is 11.6 Å². The molecule has 0 atom stereocenters. The van der Waals surface area contributed by atoms with Crippen LogP contribution in [-0.4, -0.2) is 16.7 Å². The van der Waals surface area contributed by atoms with Crippen molar-refractivity contribution in [1.29, 1.82) is 0 Å². The van der Waals surface area contributed by atoms with Crippen LogP contribution in [0.5, 0.6) is 5.75 Å². The summed E-state index contributed by atoms with van der Waals surface area (Å²) in [6, 6.07) is 9.31. The molecule has 1 aromatic heterocycles. The van der Waals surface area contributed by atoms with Gasteiger partial charge >= 0.3 is 0 Å². The molecular formula is C18H15ClF2N2O. The maximum Gasteiger partial charge on any atom is 0.139 e. The number of hydrogen-bond acceptors (Lipinski definition) is 2. The molecule has 0 bridgehead atoms. The number of nitrogens with zero attached hydrogens (tertiary/aromatic N) is 2. The Bertz CT molecular complexity index is 881. The molecule has 3 aromatic rings. The van der Waals surface area contributed by atoms with Gasteiger partial charge in [0.25, 0.3) is 0 Å². The van der Waals surface area contributed by atoms with Crippen molar-refractivity contribution in [2.45, 2.75) is 13.8 Å². The van der Waals surface area contributed by atoms with Crippen LogP contribution in [-0.2, 0) is 0 Å². The van der Waals surface area contributed by atoms with Crippen LogP contribution < -0.4 is 4.74 Å². The van der Waals surface area contributed by atoms with Crippen LogP contribution in [0.4, 0.5) is 8.78 Å². The Hall–Kier alpha value is -2.40. The Morgan fingerprint density at radius 1 is 1.04 bits per heavy atom. The molecular weight excluding hydrogens is 334 g/mol. The van der Waals surface area contributed by atoms with E-state index in [1.54, 1.807) is 42.7 Å². The number of rotatable bonds is 3. The fraction of sp³-hybridized carbons (Fsp3) is 0.167. The molecule has 0 radical (unpaired) electrons. The van der Waals surface area contributed by atoms with Gasteiger partial charge in [0.1, 0.15) is 23.2 Å². The lowest BCUT2D eigenvalue weighted by molar-refractivity contribution is 0.407. The first-order chi connectivity index (χ1) is 11.4. The van der Waals surface area contributed by atoms with Crippen LogP contribution in [0, 0.1) is 25.5 Å². The molecule has 6 heteroatoms. The SMILES string of the molecule is COc1cc(F)c(-c2c(C)nc(C)n2-c2ccc(Cl)cc2)c(F)c1. The van der Waals surface area contributed by atoms with Crippen molar-refractivity contribution in [1.82, 2.24) is 9.55 Å². The van der Waals surface area contributed by atoms with E-state index in [4.69, 9.17) is 16.3 Å². The van der Waals surface area contributed by atoms with Gasteiger partial charge in [-0.05, 0) is 38.1 Å². The first-order valence-corrected chi connectivity index (χ1v) is 7.65. The molecule has 124 valence electrons. The van der Waals surface area contributed by atoms with Crippen LogP contribution in [0.25, 0.3) is 16.9 Å². The van der Waals surface area contributed by atoms with Gasteiger partial charge in [-0.3, -0.25) is 4.57 Å². The Morgan fingerprint density at radius 3 is 2.17 bits per heavy atom. The van der Waals surface area contributed by atoms with Crippen molar-refractivity contribution in [3.8, 4) is 22.7 Å². The van der Waals surface area contributed by atoms with Crippen LogP contribution in [0.2, 0.25) is 5.02 Å². The molecule has 0 saturated heterocycles. The van der Waals surface area contributed by atoms with Gasteiger partial charge in [-0.25, -0.2) is 13.8 Å². The lowest BCUT2D eigenvalue weighted by Gasteiger charge is -2.13. The molecule has 0 aliphatic heterocycles. The lowest BCUT2D eigenvalue weighted by atomic mass is 10.1. The first-order valence-electron chi connectivity index (χ1n) is 7.27. The summed E-state index contributed by atoms with van der Waals surface area (Å²) in [6.45, 7) is 3.50. The first kappa shape index (κ1) is 16.5. The highest BCUT2D eigenvalue weighted by Crippen LogP contribution is 2.34. The molecule has 0 aliphatic carbocycles. The third-order valence-electron chi connectivity index (χ3n) is 3.79. The standard InChI is InChI=1S/C18H15ClF2N2O/c1-10-18(17-15(20)8-14(24-3)9-16(17)21)23(11(2)22-10)13-6-4-12(19)5-7-13/h4-9H,1-3H3. The maximum atomic E-state index is 14.6. The van der Waals surface area contributed by atoms with Gasteiger partial charge in [0, 0.05) is 22.8 Å². The average molecular weight is 349 g/mol. The molecule has 0 fully saturated rings. The molecule has 0 spiro atoms. The van der Waals surface area contributed by atoms with Gasteiger partial charge in [0.05, 0.1) is 24.1 Å². The summed E-state index contributed by atoms with van der Waals surface area (Å²) in [7, 11) is 1.36. The number of methoxy groups -OCH3 is 1. The van der Waals surface area contributed by atoms with Gasteiger partial charge in [-0.2, -0.15) is 0 Å². The van der Waals surface area contributed by atoms with E-state index < -0.39 is 11.6 Å². The predicted octanol–water partition coefficient (Wildman–Crippen LogP) is 5.10. The van der Waals surface area contributed by atoms with E-state index in [1.165, 1.54) is 7.11 Å². The maximum absolute atomic E-state index is 14.6. The summed E-state index contributed by atoms with van der Waals surface area (Å²) in [5.41, 5.74) is 1.49. The summed E-state index contributed by atoms with van der Waals surface area (Å²) in [4.78, 5) is 4.38. The minimum atomic E-state index is -0.704. The van der Waals surface area contributed by atoms with Crippen molar-refractivity contribution in [2.75, 3.05) is 7.11 Å². The predicted molar refractivity (Wildman–Crippen MR) is 90.0 cm³/mol. The second kappa shape index (κ2) is 6.24. The monoisotopic (exact) mass is 348 g/mol. The number of imidazole rings is 1. The zero-order valence-corrected chi connectivity index (χ0v) is 14.2. The lowest BCUT2D eigenvalue weighted by Crippen LogP contribution is -2.03. The van der Waals surface area contributed by atoms with E-state index in [1.807, 2.05) is 0 Å². The van der Waals surface area contributed by atoms with Crippen LogP contribution in [0.1, 0.15) is 11.5 Å². The summed E-state index contributed by atoms with van der Waals surface area (Å²) in [6.07, 6.45) is 0. The topological polar surface area (TPSA) is 27.1 Å². The highest BCUT2D eigenvalue weighted by Gasteiger charge is 2.22. The minimum absolute atomic E-state index is 0.126. The molecule has 1 heterocycles. The molecule has 0 N–H and O–H groups in total. The second-order valence-corrected chi connectivity index (χ2v) is 5.81. The Balaban J connectivity index is 2.28. The summed E-state index contributed by atoms with van der Waals surface area (Å²) in [5.74, 6) is -0.657. The highest BCUT2D eigenvalue weighted by atomic mass is 35.5. The van der Waals surface area contributed by atoms with Crippen molar-refractivity contribution in [3.63, 3.8) is 0 Å². The van der Waals surface area contributed by atoms with Gasteiger partial charge in [-0.15, -0.1) is 0 Å². The fourth-order valence-corrected chi connectivity index (χ4v) is 2.89. The molecule has 24 heavy (non-hydrogen) atoms. The third kappa shape index (κ3) is 2.76. The normalized spacial score (nSPS) is 10.9. The van der Waals surface area contributed by atoms with Crippen LogP contribution in [0.15, 0.2) is 36.4 Å². The van der Waals surface area contributed by atoms with Crippen LogP contribution in [0.3, 0.4) is 0 Å². The summed E-state index contributed by atoms with van der Waals surface area (Å²) >= 11 is 5.93. The molecule has 0 amide bonds. The molecule has 2 aromatic carbocycles. The number of aryl methyl sites for hydroxylation is 2. The van der Waals surface area contributed by atoms with E-state index in [0.717, 1.165) is 17.8 Å². The Kier molecular flexibility index (Phi) is 4.28. The van der Waals surface area contributed by atoms with E-state index >= 15 is 0 Å². The van der Waals surface area contributed by atoms with Gasteiger partial charge in [0.2, 0.25) is 0 Å². The highest BCUT2D eigenvalue weighted by molar-refractivity contribution is 6.30. The average Bonchev–Trinajstić information content (AvgIpc) is 2.82. The van der Waals surface area contributed by atoms with Gasteiger partial charge < -0.3 is 4.74 Å². The zero-order valence-electron chi connectivity index (χ0n) is 13.4. The molecule has 0 aliphatic rings. The molecule has 3 nitrogen and oxygen atoms in total. The number of ether oxygens (including phenoxy) is 1. The smallest absolute Gasteiger partial charge is 0.139 e. The van der Waals surface area contributed by atoms with Crippen molar-refractivity contribution in [2.24, 2.45) is 0 Å². The largest absolute Gasteiger partial charge is 0.497 e. The molecule has 3 rings (SSSR count). The molecule has 0 saturated carbocycles. The van der Waals surface area contributed by atoms with Crippen molar-refractivity contribution < 1.29 is 13.5 Å². The number of halogens is 3. The van der Waals surface area contributed by atoms with Gasteiger partial charge in [0.15, 0.2) is 0 Å². The van der Waals surface area contributed by atoms with Crippen molar-refractivity contribution in [3.05, 3.63) is 64.6 Å². The Labute approximate surface area is 143 Å². The van der Waals surface area contributed by atoms with Crippen molar-refractivity contribution >= 4 is 11.6 Å².